The summed E-state index contributed by atoms with van der Waals surface area (Å²) in [6, 6.07) is 8.95. The van der Waals surface area contributed by atoms with Crippen LogP contribution in [0.4, 0.5) is 5.69 Å². The number of nitrogens with one attached hydrogen (secondary N) is 1. The van der Waals surface area contributed by atoms with E-state index in [0.717, 1.165) is 12.0 Å². The van der Waals surface area contributed by atoms with E-state index in [1.807, 2.05) is 6.07 Å². The van der Waals surface area contributed by atoms with Gasteiger partial charge < -0.3 is 15.2 Å². The number of hydrogen-bond acceptors (Lipinski definition) is 4. The summed E-state index contributed by atoms with van der Waals surface area (Å²) in [5, 5.41) is 22.4. The molecule has 0 unspecified atom stereocenters. The van der Waals surface area contributed by atoms with E-state index in [9.17, 15) is 14.7 Å². The molecular weight excluding hydrogens is 268 g/mol. The minimum absolute atomic E-state index is 0.266. The molecule has 0 radical (unpaired) electrons. The second-order valence-electron chi connectivity index (χ2n) is 4.95. The maximum atomic E-state index is 12.2. The molecule has 1 aromatic rings. The Hall–Kier alpha value is -2.61. The molecule has 1 N–H and O–H groups in total. The summed E-state index contributed by atoms with van der Waals surface area (Å²) in [5.74, 6) is -2.45. The van der Waals surface area contributed by atoms with Crippen LogP contribution in [0.5, 0.6) is 0 Å². The molecule has 0 heterocycles. The van der Waals surface area contributed by atoms with Gasteiger partial charge in [0.2, 0.25) is 0 Å². The first kappa shape index (κ1) is 14.8. The van der Waals surface area contributed by atoms with Crippen molar-refractivity contribution in [1.29, 1.82) is 5.26 Å². The molecule has 5 nitrogen and oxygen atoms in total. The molecule has 108 valence electrons. The maximum absolute atomic E-state index is 12.2. The minimum Gasteiger partial charge on any atom is -0.549 e. The van der Waals surface area contributed by atoms with Gasteiger partial charge in [-0.15, -0.1) is 0 Å². The summed E-state index contributed by atoms with van der Waals surface area (Å²) in [6.45, 7) is 0. The molecule has 0 spiro atoms. The van der Waals surface area contributed by atoms with Crippen molar-refractivity contribution in [3.63, 3.8) is 0 Å². The zero-order chi connectivity index (χ0) is 15.2. The van der Waals surface area contributed by atoms with Gasteiger partial charge in [0.1, 0.15) is 0 Å². The van der Waals surface area contributed by atoms with E-state index in [4.69, 9.17) is 5.26 Å². The van der Waals surface area contributed by atoms with Crippen molar-refractivity contribution in [1.82, 2.24) is 0 Å². The Morgan fingerprint density at radius 3 is 2.67 bits per heavy atom. The number of amides is 1. The number of nitriles is 1. The van der Waals surface area contributed by atoms with Crippen LogP contribution < -0.4 is 10.4 Å². The number of anilines is 1. The van der Waals surface area contributed by atoms with E-state index in [1.54, 1.807) is 30.3 Å². The molecule has 1 amide bonds. The van der Waals surface area contributed by atoms with E-state index in [-0.39, 0.29) is 5.57 Å². The molecule has 2 rings (SSSR count). The van der Waals surface area contributed by atoms with E-state index < -0.39 is 17.8 Å². The van der Waals surface area contributed by atoms with Crippen LogP contribution in [0, 0.1) is 17.2 Å². The molecule has 1 aliphatic carbocycles. The molecule has 21 heavy (non-hydrogen) atoms. The molecule has 1 aliphatic rings. The third-order valence-electron chi connectivity index (χ3n) is 3.48. The number of aliphatic carboxylic acids is 1. The van der Waals surface area contributed by atoms with E-state index in [1.165, 1.54) is 0 Å². The van der Waals surface area contributed by atoms with Crippen molar-refractivity contribution < 1.29 is 14.7 Å². The van der Waals surface area contributed by atoms with E-state index in [0.29, 0.717) is 24.9 Å². The number of benzene rings is 1. The highest BCUT2D eigenvalue weighted by molar-refractivity contribution is 6.06. The van der Waals surface area contributed by atoms with Crippen LogP contribution in [0.2, 0.25) is 0 Å². The number of carboxylic acids is 1. The first-order valence-electron chi connectivity index (χ1n) is 6.80. The van der Waals surface area contributed by atoms with Crippen LogP contribution in [0.1, 0.15) is 24.8 Å². The zero-order valence-corrected chi connectivity index (χ0v) is 11.5. The molecule has 0 fully saturated rings. The normalized spacial score (nSPS) is 17.5. The monoisotopic (exact) mass is 283 g/mol. The Morgan fingerprint density at radius 1 is 1.33 bits per heavy atom. The summed E-state index contributed by atoms with van der Waals surface area (Å²) in [6.07, 6.45) is 3.87. The number of hydrogen-bond donors (Lipinski definition) is 1. The van der Waals surface area contributed by atoms with E-state index in [2.05, 4.69) is 5.32 Å². The van der Waals surface area contributed by atoms with Crippen molar-refractivity contribution >= 4 is 17.6 Å². The second-order valence-corrected chi connectivity index (χ2v) is 4.95. The minimum atomic E-state index is -1.21. The summed E-state index contributed by atoms with van der Waals surface area (Å²) >= 11 is 0. The van der Waals surface area contributed by atoms with Gasteiger partial charge in [-0.05, 0) is 37.0 Å². The van der Waals surface area contributed by atoms with Gasteiger partial charge in [0.05, 0.1) is 12.5 Å². The van der Waals surface area contributed by atoms with Gasteiger partial charge in [0, 0.05) is 23.1 Å². The third kappa shape index (κ3) is 3.69. The Morgan fingerprint density at radius 2 is 2.05 bits per heavy atom. The predicted molar refractivity (Wildman–Crippen MR) is 74.8 cm³/mol. The average Bonchev–Trinajstić information content (AvgIpc) is 2.49. The number of rotatable bonds is 4. The highest BCUT2D eigenvalue weighted by atomic mass is 16.4. The fraction of sp³-hybridized carbons (Fsp3) is 0.312. The highest BCUT2D eigenvalue weighted by Gasteiger charge is 2.24. The number of allylic oxidation sites excluding steroid dienone is 1. The summed E-state index contributed by atoms with van der Waals surface area (Å²) in [4.78, 5) is 23.2. The van der Waals surface area contributed by atoms with Crippen LogP contribution in [-0.4, -0.2) is 11.9 Å². The van der Waals surface area contributed by atoms with Crippen molar-refractivity contribution in [2.24, 2.45) is 5.92 Å². The molecular formula is C16H15N2O3-. The van der Waals surface area contributed by atoms with Gasteiger partial charge in [0.25, 0.3) is 5.91 Å². The second kappa shape index (κ2) is 6.71. The molecule has 0 bridgehead atoms. The van der Waals surface area contributed by atoms with E-state index >= 15 is 0 Å². The SMILES string of the molecule is N#CCc1ccc(NC(=O)C2=CCCC[C@H]2C(=O)[O-])cc1. The predicted octanol–water partition coefficient (Wildman–Crippen LogP) is 1.17. The summed E-state index contributed by atoms with van der Waals surface area (Å²) < 4.78 is 0. The van der Waals surface area contributed by atoms with Crippen LogP contribution in [0.3, 0.4) is 0 Å². The van der Waals surface area contributed by atoms with Gasteiger partial charge in [-0.3, -0.25) is 4.79 Å². The lowest BCUT2D eigenvalue weighted by atomic mass is 9.87. The Kier molecular flexibility index (Phi) is 4.72. The molecule has 5 heteroatoms. The van der Waals surface area contributed by atoms with Gasteiger partial charge in [-0.2, -0.15) is 5.26 Å². The zero-order valence-electron chi connectivity index (χ0n) is 11.5. The van der Waals surface area contributed by atoms with Crippen molar-refractivity contribution in [2.45, 2.75) is 25.7 Å². The third-order valence-corrected chi connectivity index (χ3v) is 3.48. The number of carboxylic acid groups (broad SMARTS) is 1. The van der Waals surface area contributed by atoms with Crippen LogP contribution in [-0.2, 0) is 16.0 Å². The molecule has 0 aliphatic heterocycles. The Balaban J connectivity index is 2.08. The lowest BCUT2D eigenvalue weighted by Gasteiger charge is -2.24. The van der Waals surface area contributed by atoms with Crippen molar-refractivity contribution in [2.75, 3.05) is 5.32 Å². The Bertz CT molecular complexity index is 611. The topological polar surface area (TPSA) is 93.0 Å². The van der Waals surface area contributed by atoms with Gasteiger partial charge in [0.15, 0.2) is 0 Å². The summed E-state index contributed by atoms with van der Waals surface area (Å²) in [5.41, 5.74) is 1.70. The van der Waals surface area contributed by atoms with Crippen molar-refractivity contribution in [3.8, 4) is 6.07 Å². The quantitative estimate of drug-likeness (QED) is 0.897. The standard InChI is InChI=1S/C16H16N2O3/c17-10-9-11-5-7-12(8-6-11)18-15(19)13-3-1-2-4-14(13)16(20)21/h3,5-8,14H,1-2,4,9H2,(H,18,19)(H,20,21)/p-1/t14-/m1/s1. The first-order valence-corrected chi connectivity index (χ1v) is 6.80. The fourth-order valence-corrected chi connectivity index (χ4v) is 2.37. The van der Waals surface area contributed by atoms with Crippen LogP contribution in [0.25, 0.3) is 0 Å². The smallest absolute Gasteiger partial charge is 0.251 e. The van der Waals surface area contributed by atoms with Crippen LogP contribution in [0.15, 0.2) is 35.9 Å². The molecule has 1 atom stereocenters. The number of carbonyl (C=O) groups is 2. The van der Waals surface area contributed by atoms with Gasteiger partial charge in [-0.25, -0.2) is 0 Å². The highest BCUT2D eigenvalue weighted by Crippen LogP contribution is 2.25. The van der Waals surface area contributed by atoms with Crippen molar-refractivity contribution in [3.05, 3.63) is 41.5 Å². The number of carbonyl (C=O) groups excluding carboxylic acids is 2. The number of nitrogens with zero attached hydrogens (tertiary/aromatic N) is 1. The average molecular weight is 283 g/mol. The maximum Gasteiger partial charge on any atom is 0.251 e. The fourth-order valence-electron chi connectivity index (χ4n) is 2.37. The first-order chi connectivity index (χ1) is 10.1. The summed E-state index contributed by atoms with van der Waals surface area (Å²) in [7, 11) is 0. The molecule has 0 aromatic heterocycles. The van der Waals surface area contributed by atoms with Crippen LogP contribution >= 0.6 is 0 Å². The van der Waals surface area contributed by atoms with Gasteiger partial charge in [-0.1, -0.05) is 18.2 Å². The molecule has 0 saturated heterocycles. The lowest BCUT2D eigenvalue weighted by Crippen LogP contribution is -2.36. The molecule has 0 saturated carbocycles. The lowest BCUT2D eigenvalue weighted by molar-refractivity contribution is -0.310. The Labute approximate surface area is 122 Å². The van der Waals surface area contributed by atoms with Gasteiger partial charge >= 0.3 is 0 Å². The molecule has 1 aromatic carbocycles. The largest absolute Gasteiger partial charge is 0.549 e.